The monoisotopic (exact) mass is 419 g/mol. The minimum Gasteiger partial charge on any atom is -0.481 e. The number of nitrogens with zero attached hydrogens (tertiary/aromatic N) is 3. The van der Waals surface area contributed by atoms with E-state index < -0.39 is 5.97 Å². The van der Waals surface area contributed by atoms with Crippen LogP contribution in [0.5, 0.6) is 0 Å². The van der Waals surface area contributed by atoms with Crippen molar-refractivity contribution >= 4 is 34.4 Å². The number of aromatic amines is 1. The minimum atomic E-state index is -0.725. The lowest BCUT2D eigenvalue weighted by atomic mass is 9.80. The number of carboxylic acid groups (broad SMARTS) is 1. The highest BCUT2D eigenvalue weighted by molar-refractivity contribution is 6.31. The number of rotatable bonds is 5. The van der Waals surface area contributed by atoms with Gasteiger partial charge in [0.2, 0.25) is 0 Å². The first-order valence-corrected chi connectivity index (χ1v) is 10.0. The third-order valence-corrected chi connectivity index (χ3v) is 5.61. The Morgan fingerprint density at radius 3 is 2.57 bits per heavy atom. The van der Waals surface area contributed by atoms with Crippen LogP contribution < -0.4 is 5.32 Å². The predicted octanol–water partition coefficient (Wildman–Crippen LogP) is 4.62. The van der Waals surface area contributed by atoms with Gasteiger partial charge in [0.25, 0.3) is 0 Å². The summed E-state index contributed by atoms with van der Waals surface area (Å²) >= 11 is 6.04. The number of benzene rings is 1. The topological polar surface area (TPSA) is 104 Å². The number of nitrogens with one attached hydrogen (secondary N) is 2. The lowest BCUT2D eigenvalue weighted by molar-refractivity contribution is -0.144. The van der Waals surface area contributed by atoms with E-state index in [1.165, 1.54) is 0 Å². The zero-order valence-electron chi connectivity index (χ0n) is 15.8. The van der Waals surface area contributed by atoms with Crippen LogP contribution in [-0.4, -0.2) is 37.1 Å². The van der Waals surface area contributed by atoms with E-state index in [0.717, 1.165) is 39.5 Å². The summed E-state index contributed by atoms with van der Waals surface area (Å²) in [6, 6.07) is 13.5. The van der Waals surface area contributed by atoms with Crippen LogP contribution in [-0.2, 0) is 4.79 Å². The van der Waals surface area contributed by atoms with Gasteiger partial charge in [-0.2, -0.15) is 0 Å². The maximum Gasteiger partial charge on any atom is 0.306 e. The summed E-state index contributed by atoms with van der Waals surface area (Å²) in [4.78, 5) is 27.7. The van der Waals surface area contributed by atoms with Crippen molar-refractivity contribution in [3.63, 3.8) is 0 Å². The Morgan fingerprint density at radius 2 is 1.87 bits per heavy atom. The molecule has 1 saturated carbocycles. The summed E-state index contributed by atoms with van der Waals surface area (Å²) in [7, 11) is 0. The highest BCUT2D eigenvalue weighted by atomic mass is 35.5. The van der Waals surface area contributed by atoms with Crippen LogP contribution in [0.15, 0.2) is 54.9 Å². The van der Waals surface area contributed by atoms with Crippen LogP contribution in [0.3, 0.4) is 0 Å². The van der Waals surface area contributed by atoms with Crippen molar-refractivity contribution in [3.8, 4) is 22.6 Å². The molecule has 0 aliphatic heterocycles. The quantitative estimate of drug-likeness (QED) is 0.436. The predicted molar refractivity (Wildman–Crippen MR) is 115 cm³/mol. The molecule has 150 valence electrons. The fraction of sp³-hybridized carbons (Fsp3) is 0.182. The SMILES string of the molecule is O=C(O)C1CC(Nc2ccc(-c3ccc(-c4nc5ccc(Cl)cc5[nH]4)cn3)cn2)C1. The van der Waals surface area contributed by atoms with Crippen LogP contribution in [0.2, 0.25) is 5.02 Å². The number of H-pyrrole nitrogens is 1. The number of carboxylic acids is 1. The molecular formula is C22H18ClN5O2. The number of fused-ring (bicyclic) bond motifs is 1. The number of hydrogen-bond acceptors (Lipinski definition) is 5. The second kappa shape index (κ2) is 7.42. The number of carbonyl (C=O) groups is 1. The number of aliphatic carboxylic acids is 1. The molecule has 3 heterocycles. The molecule has 30 heavy (non-hydrogen) atoms. The van der Waals surface area contributed by atoms with Gasteiger partial charge in [0.15, 0.2) is 0 Å². The lowest BCUT2D eigenvalue weighted by Gasteiger charge is -2.33. The Balaban J connectivity index is 1.28. The molecule has 3 aromatic heterocycles. The van der Waals surface area contributed by atoms with Crippen LogP contribution >= 0.6 is 11.6 Å². The maximum absolute atomic E-state index is 10.9. The molecule has 0 amide bonds. The molecule has 1 fully saturated rings. The number of imidazole rings is 1. The molecule has 0 spiro atoms. The molecule has 3 N–H and O–H groups in total. The number of halogens is 1. The summed E-state index contributed by atoms with van der Waals surface area (Å²) in [5.74, 6) is 0.514. The standard InChI is InChI=1S/C22H18ClN5O2/c23-15-3-5-18-19(9-15)28-21(27-18)13-1-4-17(24-11-13)12-2-6-20(25-10-12)26-16-7-14(8-16)22(29)30/h1-6,9-11,14,16H,7-8H2,(H,25,26)(H,27,28)(H,29,30). The van der Waals surface area contributed by atoms with Gasteiger partial charge in [-0.25, -0.2) is 9.97 Å². The van der Waals surface area contributed by atoms with Crippen molar-refractivity contribution in [1.29, 1.82) is 0 Å². The smallest absolute Gasteiger partial charge is 0.306 e. The molecule has 4 aromatic rings. The van der Waals surface area contributed by atoms with Gasteiger partial charge >= 0.3 is 5.97 Å². The Morgan fingerprint density at radius 1 is 1.07 bits per heavy atom. The van der Waals surface area contributed by atoms with E-state index in [-0.39, 0.29) is 12.0 Å². The first kappa shape index (κ1) is 18.6. The average Bonchev–Trinajstić information content (AvgIpc) is 3.14. The zero-order valence-corrected chi connectivity index (χ0v) is 16.6. The van der Waals surface area contributed by atoms with Gasteiger partial charge in [0, 0.05) is 34.6 Å². The van der Waals surface area contributed by atoms with E-state index in [9.17, 15) is 4.79 Å². The molecule has 5 rings (SSSR count). The van der Waals surface area contributed by atoms with Crippen molar-refractivity contribution in [3.05, 3.63) is 59.9 Å². The lowest BCUT2D eigenvalue weighted by Crippen LogP contribution is -2.39. The van der Waals surface area contributed by atoms with E-state index in [0.29, 0.717) is 17.9 Å². The van der Waals surface area contributed by atoms with E-state index in [2.05, 4.69) is 25.3 Å². The van der Waals surface area contributed by atoms with Gasteiger partial charge in [-0.15, -0.1) is 0 Å². The number of aromatic nitrogens is 4. The maximum atomic E-state index is 10.9. The normalized spacial score (nSPS) is 18.2. The van der Waals surface area contributed by atoms with E-state index in [4.69, 9.17) is 16.7 Å². The van der Waals surface area contributed by atoms with Crippen LogP contribution in [0.25, 0.3) is 33.7 Å². The van der Waals surface area contributed by atoms with E-state index in [1.807, 2.05) is 42.5 Å². The molecule has 0 unspecified atom stereocenters. The molecule has 1 aromatic carbocycles. The fourth-order valence-electron chi connectivity index (χ4n) is 3.60. The Kier molecular flexibility index (Phi) is 4.59. The van der Waals surface area contributed by atoms with Gasteiger partial charge < -0.3 is 15.4 Å². The third-order valence-electron chi connectivity index (χ3n) is 5.38. The van der Waals surface area contributed by atoms with Gasteiger partial charge in [-0.3, -0.25) is 9.78 Å². The Bertz CT molecular complexity index is 1210. The second-order valence-electron chi connectivity index (χ2n) is 7.46. The van der Waals surface area contributed by atoms with Gasteiger partial charge in [0.1, 0.15) is 11.6 Å². The molecule has 0 radical (unpaired) electrons. The van der Waals surface area contributed by atoms with Crippen LogP contribution in [0.4, 0.5) is 5.82 Å². The molecule has 0 saturated heterocycles. The molecule has 0 atom stereocenters. The molecule has 1 aliphatic rings. The summed E-state index contributed by atoms with van der Waals surface area (Å²) in [5, 5.41) is 12.9. The molecular weight excluding hydrogens is 402 g/mol. The highest BCUT2D eigenvalue weighted by Crippen LogP contribution is 2.30. The largest absolute Gasteiger partial charge is 0.481 e. The average molecular weight is 420 g/mol. The first-order valence-electron chi connectivity index (χ1n) is 9.62. The highest BCUT2D eigenvalue weighted by Gasteiger charge is 2.34. The number of pyridine rings is 2. The van der Waals surface area contributed by atoms with Crippen LogP contribution in [0.1, 0.15) is 12.8 Å². The summed E-state index contributed by atoms with van der Waals surface area (Å²) < 4.78 is 0. The zero-order chi connectivity index (χ0) is 20.7. The Hall–Kier alpha value is -3.45. The summed E-state index contributed by atoms with van der Waals surface area (Å²) in [6.45, 7) is 0. The van der Waals surface area contributed by atoms with Crippen LogP contribution in [0, 0.1) is 5.92 Å². The molecule has 8 heteroatoms. The molecule has 0 bridgehead atoms. The van der Waals surface area contributed by atoms with Crippen molar-refractivity contribution in [1.82, 2.24) is 19.9 Å². The molecule has 7 nitrogen and oxygen atoms in total. The van der Waals surface area contributed by atoms with E-state index >= 15 is 0 Å². The minimum absolute atomic E-state index is 0.167. The third kappa shape index (κ3) is 3.59. The van der Waals surface area contributed by atoms with Gasteiger partial charge in [-0.05, 0) is 55.3 Å². The van der Waals surface area contributed by atoms with Crippen molar-refractivity contribution in [2.45, 2.75) is 18.9 Å². The van der Waals surface area contributed by atoms with Crippen molar-refractivity contribution in [2.24, 2.45) is 5.92 Å². The number of anilines is 1. The van der Waals surface area contributed by atoms with Crippen molar-refractivity contribution < 1.29 is 9.90 Å². The first-order chi connectivity index (χ1) is 14.5. The van der Waals surface area contributed by atoms with E-state index in [1.54, 1.807) is 12.4 Å². The van der Waals surface area contributed by atoms with Crippen molar-refractivity contribution in [2.75, 3.05) is 5.32 Å². The fourth-order valence-corrected chi connectivity index (χ4v) is 3.77. The van der Waals surface area contributed by atoms with Gasteiger partial charge in [-0.1, -0.05) is 11.6 Å². The summed E-state index contributed by atoms with van der Waals surface area (Å²) in [5.41, 5.74) is 4.34. The Labute approximate surface area is 177 Å². The second-order valence-corrected chi connectivity index (χ2v) is 7.90. The molecule has 1 aliphatic carbocycles. The van der Waals surface area contributed by atoms with Gasteiger partial charge in [0.05, 0.1) is 22.6 Å². The summed E-state index contributed by atoms with van der Waals surface area (Å²) in [6.07, 6.45) is 4.81. The number of hydrogen-bond donors (Lipinski definition) is 3.